The molecule has 1 aromatic heterocycles. The normalized spacial score (nSPS) is 20.6. The number of nitrogens with zero attached hydrogens (tertiary/aromatic N) is 3. The quantitative estimate of drug-likeness (QED) is 0.930. The number of likely N-dealkylation sites (tertiary alicyclic amines) is 1. The summed E-state index contributed by atoms with van der Waals surface area (Å²) >= 11 is 0. The molecule has 1 aromatic carbocycles. The minimum atomic E-state index is 0.211. The maximum Gasteiger partial charge on any atom is 0.224 e. The van der Waals surface area contributed by atoms with Crippen LogP contribution in [0.3, 0.4) is 0 Å². The van der Waals surface area contributed by atoms with Crippen molar-refractivity contribution in [1.29, 1.82) is 0 Å². The molecule has 1 unspecified atom stereocenters. The summed E-state index contributed by atoms with van der Waals surface area (Å²) < 4.78 is 0. The van der Waals surface area contributed by atoms with Crippen LogP contribution < -0.4 is 5.32 Å². The molecule has 5 nitrogen and oxygen atoms in total. The summed E-state index contributed by atoms with van der Waals surface area (Å²) in [6, 6.07) is 9.07. The summed E-state index contributed by atoms with van der Waals surface area (Å²) in [5.74, 6) is 1.05. The summed E-state index contributed by atoms with van der Waals surface area (Å²) in [5, 5.41) is 3.48. The van der Waals surface area contributed by atoms with Gasteiger partial charge < -0.3 is 10.2 Å². The minimum Gasteiger partial charge on any atom is -0.337 e. The molecule has 0 radical (unpaired) electrons. The van der Waals surface area contributed by atoms with E-state index in [1.54, 1.807) is 0 Å². The monoisotopic (exact) mass is 322 g/mol. The van der Waals surface area contributed by atoms with Crippen molar-refractivity contribution in [2.24, 2.45) is 0 Å². The molecule has 0 saturated carbocycles. The molecule has 0 spiro atoms. The fourth-order valence-corrected chi connectivity index (χ4v) is 3.75. The first-order valence-electron chi connectivity index (χ1n) is 8.56. The van der Waals surface area contributed by atoms with Gasteiger partial charge >= 0.3 is 0 Å². The van der Waals surface area contributed by atoms with Gasteiger partial charge in [-0.25, -0.2) is 9.97 Å². The smallest absolute Gasteiger partial charge is 0.224 e. The zero-order chi connectivity index (χ0) is 16.5. The Morgan fingerprint density at radius 3 is 2.46 bits per heavy atom. The van der Waals surface area contributed by atoms with Crippen molar-refractivity contribution in [2.45, 2.75) is 44.8 Å². The molecule has 1 N–H and O–H groups in total. The number of hydrogen-bond acceptors (Lipinski definition) is 4. The predicted molar refractivity (Wildman–Crippen MR) is 91.4 cm³/mol. The Labute approximate surface area is 142 Å². The number of aryl methyl sites for hydroxylation is 1. The molecule has 2 aromatic rings. The minimum absolute atomic E-state index is 0.211. The van der Waals surface area contributed by atoms with Crippen LogP contribution in [0, 0.1) is 6.92 Å². The first-order valence-corrected chi connectivity index (χ1v) is 8.56. The number of rotatable bonds is 4. The van der Waals surface area contributed by atoms with E-state index in [2.05, 4.69) is 44.5 Å². The van der Waals surface area contributed by atoms with Gasteiger partial charge in [0.2, 0.25) is 5.91 Å². The highest BCUT2D eigenvalue weighted by molar-refractivity contribution is 5.79. The second-order valence-electron chi connectivity index (χ2n) is 6.80. The van der Waals surface area contributed by atoms with Gasteiger partial charge in [0.25, 0.3) is 0 Å². The summed E-state index contributed by atoms with van der Waals surface area (Å²) in [7, 11) is 0. The maximum absolute atomic E-state index is 12.4. The van der Waals surface area contributed by atoms with Crippen LogP contribution in [0.2, 0.25) is 0 Å². The number of nitrogens with one attached hydrogen (secondary N) is 1. The van der Waals surface area contributed by atoms with Crippen molar-refractivity contribution in [3.63, 3.8) is 0 Å². The van der Waals surface area contributed by atoms with E-state index in [-0.39, 0.29) is 11.9 Å². The lowest BCUT2D eigenvalue weighted by atomic mass is 10.1. The molecule has 1 aliphatic carbocycles. The number of fused-ring (bicyclic) bond motifs is 1. The van der Waals surface area contributed by atoms with E-state index in [4.69, 9.17) is 0 Å². The van der Waals surface area contributed by atoms with Crippen molar-refractivity contribution < 1.29 is 4.79 Å². The zero-order valence-corrected chi connectivity index (χ0v) is 13.9. The Bertz CT molecular complexity index is 718. The van der Waals surface area contributed by atoms with E-state index in [1.807, 2.05) is 19.3 Å². The van der Waals surface area contributed by atoms with Gasteiger partial charge in [-0.15, -0.1) is 0 Å². The van der Waals surface area contributed by atoms with Crippen LogP contribution in [-0.4, -0.2) is 39.4 Å². The molecule has 1 aliphatic heterocycles. The number of hydrogen-bond donors (Lipinski definition) is 1. The molecule has 4 rings (SSSR count). The van der Waals surface area contributed by atoms with Gasteiger partial charge in [0.1, 0.15) is 5.82 Å². The SMILES string of the molecule is Cc1ncc(CNC2CC(=O)N(C3Cc4ccccc4C3)C2)cn1. The van der Waals surface area contributed by atoms with E-state index in [1.165, 1.54) is 11.1 Å². The Kier molecular flexibility index (Phi) is 4.02. The van der Waals surface area contributed by atoms with E-state index in [0.717, 1.165) is 30.8 Å². The number of benzene rings is 1. The van der Waals surface area contributed by atoms with Gasteiger partial charge in [-0.1, -0.05) is 24.3 Å². The van der Waals surface area contributed by atoms with Crippen molar-refractivity contribution in [3.05, 3.63) is 59.2 Å². The summed E-state index contributed by atoms with van der Waals surface area (Å²) in [4.78, 5) is 22.9. The van der Waals surface area contributed by atoms with Gasteiger partial charge in [-0.3, -0.25) is 4.79 Å². The zero-order valence-electron chi connectivity index (χ0n) is 13.9. The molecule has 0 bridgehead atoms. The third kappa shape index (κ3) is 3.04. The topological polar surface area (TPSA) is 58.1 Å². The van der Waals surface area contributed by atoms with E-state index in [9.17, 15) is 4.79 Å². The average Bonchev–Trinajstić information content (AvgIpc) is 3.17. The summed E-state index contributed by atoms with van der Waals surface area (Å²) in [6.07, 6.45) is 6.25. The largest absolute Gasteiger partial charge is 0.337 e. The van der Waals surface area contributed by atoms with Gasteiger partial charge in [0, 0.05) is 49.6 Å². The van der Waals surface area contributed by atoms with Crippen LogP contribution in [0.25, 0.3) is 0 Å². The number of aromatic nitrogens is 2. The lowest BCUT2D eigenvalue weighted by molar-refractivity contribution is -0.129. The van der Waals surface area contributed by atoms with E-state index < -0.39 is 0 Å². The third-order valence-electron chi connectivity index (χ3n) is 5.06. The Balaban J connectivity index is 1.35. The highest BCUT2D eigenvalue weighted by Crippen LogP contribution is 2.28. The average molecular weight is 322 g/mol. The first kappa shape index (κ1) is 15.3. The summed E-state index contributed by atoms with van der Waals surface area (Å²) in [6.45, 7) is 3.38. The highest BCUT2D eigenvalue weighted by Gasteiger charge is 2.36. The highest BCUT2D eigenvalue weighted by atomic mass is 16.2. The van der Waals surface area contributed by atoms with Gasteiger partial charge in [0.15, 0.2) is 0 Å². The molecular formula is C19H22N4O. The van der Waals surface area contributed by atoms with Crippen molar-refractivity contribution in [2.75, 3.05) is 6.54 Å². The lowest BCUT2D eigenvalue weighted by Gasteiger charge is -2.24. The third-order valence-corrected chi connectivity index (χ3v) is 5.06. The molecule has 24 heavy (non-hydrogen) atoms. The molecule has 1 saturated heterocycles. The second kappa shape index (κ2) is 6.32. The van der Waals surface area contributed by atoms with Gasteiger partial charge in [0.05, 0.1) is 0 Å². The molecule has 2 aliphatic rings. The van der Waals surface area contributed by atoms with Crippen LogP contribution in [0.1, 0.15) is 28.9 Å². The van der Waals surface area contributed by atoms with Gasteiger partial charge in [-0.2, -0.15) is 0 Å². The van der Waals surface area contributed by atoms with E-state index in [0.29, 0.717) is 19.0 Å². The molecular weight excluding hydrogens is 300 g/mol. The van der Waals surface area contributed by atoms with Crippen LogP contribution in [-0.2, 0) is 24.2 Å². The summed E-state index contributed by atoms with van der Waals surface area (Å²) in [5.41, 5.74) is 3.84. The molecule has 124 valence electrons. The molecule has 1 atom stereocenters. The van der Waals surface area contributed by atoms with Gasteiger partial charge in [-0.05, 0) is 30.9 Å². The molecule has 1 fully saturated rings. The Morgan fingerprint density at radius 2 is 1.79 bits per heavy atom. The van der Waals surface area contributed by atoms with Crippen LogP contribution in [0.15, 0.2) is 36.7 Å². The van der Waals surface area contributed by atoms with Crippen molar-refractivity contribution >= 4 is 5.91 Å². The van der Waals surface area contributed by atoms with Crippen LogP contribution in [0.5, 0.6) is 0 Å². The van der Waals surface area contributed by atoms with Crippen LogP contribution in [0.4, 0.5) is 0 Å². The van der Waals surface area contributed by atoms with Crippen molar-refractivity contribution in [1.82, 2.24) is 20.2 Å². The molecule has 5 heteroatoms. The number of amides is 1. The standard InChI is InChI=1S/C19H22N4O/c1-13-20-9-14(10-21-13)11-22-17-8-19(24)23(12-17)18-6-15-4-2-3-5-16(15)7-18/h2-5,9-10,17-18,22H,6-8,11-12H2,1H3. The molecule has 2 heterocycles. The van der Waals surface area contributed by atoms with E-state index >= 15 is 0 Å². The lowest BCUT2D eigenvalue weighted by Crippen LogP contribution is -2.39. The fraction of sp³-hybridized carbons (Fsp3) is 0.421. The Morgan fingerprint density at radius 1 is 1.12 bits per heavy atom. The first-order chi connectivity index (χ1) is 11.7. The maximum atomic E-state index is 12.4. The predicted octanol–water partition coefficient (Wildman–Crippen LogP) is 1.64. The number of carbonyl (C=O) groups is 1. The van der Waals surface area contributed by atoms with Crippen LogP contribution >= 0.6 is 0 Å². The fourth-order valence-electron chi connectivity index (χ4n) is 3.75. The van der Waals surface area contributed by atoms with Crippen molar-refractivity contribution in [3.8, 4) is 0 Å². The Hall–Kier alpha value is -2.27. The molecule has 1 amide bonds. The second-order valence-corrected chi connectivity index (χ2v) is 6.80. The number of carbonyl (C=O) groups excluding carboxylic acids is 1.